The van der Waals surface area contributed by atoms with Crippen LogP contribution >= 0.6 is 11.3 Å². The zero-order valence-electron chi connectivity index (χ0n) is 23.2. The number of epoxide rings is 1. The second-order valence-corrected chi connectivity index (χ2v) is 13.4. The molecule has 3 fully saturated rings. The highest BCUT2D eigenvalue weighted by molar-refractivity contribution is 7.18. The van der Waals surface area contributed by atoms with Gasteiger partial charge in [-0.3, -0.25) is 9.59 Å². The molecular formula is C31H41NO6S. The summed E-state index contributed by atoms with van der Waals surface area (Å²) in [5.74, 6) is -1.44. The van der Waals surface area contributed by atoms with E-state index in [1.165, 1.54) is 0 Å². The van der Waals surface area contributed by atoms with Gasteiger partial charge < -0.3 is 19.7 Å². The van der Waals surface area contributed by atoms with E-state index in [0.717, 1.165) is 46.5 Å². The molecule has 1 aromatic heterocycles. The van der Waals surface area contributed by atoms with Gasteiger partial charge in [0.1, 0.15) is 11.9 Å². The van der Waals surface area contributed by atoms with E-state index in [2.05, 4.69) is 18.5 Å². The molecule has 5 rings (SSSR count). The van der Waals surface area contributed by atoms with Crippen molar-refractivity contribution in [2.24, 2.45) is 17.3 Å². The molecule has 2 N–H and O–H groups in total. The number of esters is 1. The molecule has 212 valence electrons. The van der Waals surface area contributed by atoms with Gasteiger partial charge >= 0.3 is 5.97 Å². The maximum absolute atomic E-state index is 13.9. The van der Waals surface area contributed by atoms with Crippen molar-refractivity contribution in [3.63, 3.8) is 0 Å². The Morgan fingerprint density at radius 3 is 2.67 bits per heavy atom. The lowest BCUT2D eigenvalue weighted by Gasteiger charge is -2.46. The van der Waals surface area contributed by atoms with Crippen LogP contribution in [0.2, 0.25) is 0 Å². The summed E-state index contributed by atoms with van der Waals surface area (Å²) in [5, 5.41) is 23.5. The van der Waals surface area contributed by atoms with Crippen LogP contribution in [0, 0.1) is 24.2 Å². The number of aromatic nitrogens is 1. The Morgan fingerprint density at radius 2 is 1.97 bits per heavy atom. The summed E-state index contributed by atoms with van der Waals surface area (Å²) >= 11 is 1.62. The smallest absolute Gasteiger partial charge is 0.309 e. The first kappa shape index (κ1) is 28.4. The molecule has 1 aliphatic carbocycles. The molecule has 8 heteroatoms. The number of Topliss-reactive ketones (excluding diaryl/α,β-unsaturated/α-hetero) is 1. The SMILES string of the molecule is C=CCC1C(=O)C2(CCC2)C(O)CC(=O)OC(c2ccc3sc(C)nc3c2)CC2OC2(C)CCCC(C)C1O. The molecule has 39 heavy (non-hydrogen) atoms. The molecule has 3 aliphatic rings. The van der Waals surface area contributed by atoms with E-state index in [0.29, 0.717) is 25.7 Å². The van der Waals surface area contributed by atoms with Gasteiger partial charge in [-0.25, -0.2) is 4.98 Å². The molecule has 2 aromatic rings. The number of ketones is 1. The van der Waals surface area contributed by atoms with E-state index in [9.17, 15) is 19.8 Å². The summed E-state index contributed by atoms with van der Waals surface area (Å²) in [6, 6.07) is 5.97. The van der Waals surface area contributed by atoms with Crippen molar-refractivity contribution in [3.8, 4) is 0 Å². The van der Waals surface area contributed by atoms with Gasteiger partial charge in [-0.15, -0.1) is 17.9 Å². The number of fused-ring (bicyclic) bond motifs is 2. The lowest BCUT2D eigenvalue weighted by Crippen LogP contribution is -2.53. The van der Waals surface area contributed by atoms with Crippen LogP contribution in [0.1, 0.15) is 88.3 Å². The normalized spacial score (nSPS) is 35.7. The van der Waals surface area contributed by atoms with Gasteiger partial charge in [-0.1, -0.05) is 31.9 Å². The van der Waals surface area contributed by atoms with Crippen molar-refractivity contribution in [1.29, 1.82) is 0 Å². The predicted octanol–water partition coefficient (Wildman–Crippen LogP) is 5.60. The molecule has 7 nitrogen and oxygen atoms in total. The van der Waals surface area contributed by atoms with Crippen LogP contribution in [0.4, 0.5) is 0 Å². The number of hydrogen-bond acceptors (Lipinski definition) is 8. The Kier molecular flexibility index (Phi) is 8.04. The van der Waals surface area contributed by atoms with Crippen molar-refractivity contribution < 1.29 is 29.3 Å². The predicted molar refractivity (Wildman–Crippen MR) is 150 cm³/mol. The van der Waals surface area contributed by atoms with Gasteiger partial charge in [0.25, 0.3) is 0 Å². The Hall–Kier alpha value is -2.13. The second-order valence-electron chi connectivity index (χ2n) is 12.2. The Balaban J connectivity index is 1.44. The number of nitrogens with zero attached hydrogens (tertiary/aromatic N) is 1. The average molecular weight is 556 g/mol. The minimum absolute atomic E-state index is 0.0608. The topological polar surface area (TPSA) is 109 Å². The van der Waals surface area contributed by atoms with Crippen LogP contribution in [-0.2, 0) is 19.1 Å². The molecule has 1 aromatic carbocycles. The first-order chi connectivity index (χ1) is 18.6. The van der Waals surface area contributed by atoms with Crippen molar-refractivity contribution >= 4 is 33.3 Å². The Labute approximate surface area is 234 Å². The summed E-state index contributed by atoms with van der Waals surface area (Å²) in [7, 11) is 0. The third kappa shape index (κ3) is 5.58. The van der Waals surface area contributed by atoms with Crippen LogP contribution in [0.5, 0.6) is 0 Å². The number of rotatable bonds is 3. The fourth-order valence-corrected chi connectivity index (χ4v) is 7.48. The number of thiazole rings is 1. The summed E-state index contributed by atoms with van der Waals surface area (Å²) in [5.41, 5.74) is 0.374. The van der Waals surface area contributed by atoms with Crippen LogP contribution in [-0.4, -0.2) is 50.9 Å². The second kappa shape index (κ2) is 11.0. The molecule has 7 unspecified atom stereocenters. The molecule has 0 bridgehead atoms. The molecule has 1 spiro atoms. The van der Waals surface area contributed by atoms with Gasteiger partial charge in [0, 0.05) is 12.3 Å². The highest BCUT2D eigenvalue weighted by Crippen LogP contribution is 2.50. The van der Waals surface area contributed by atoms with E-state index < -0.39 is 35.6 Å². The van der Waals surface area contributed by atoms with Crippen LogP contribution in [0.3, 0.4) is 0 Å². The van der Waals surface area contributed by atoms with Crippen LogP contribution < -0.4 is 0 Å². The van der Waals surface area contributed by atoms with Crippen LogP contribution in [0.25, 0.3) is 10.2 Å². The van der Waals surface area contributed by atoms with Crippen molar-refractivity contribution in [2.45, 2.75) is 109 Å². The fraction of sp³-hybridized carbons (Fsp3) is 0.645. The Bertz CT molecular complexity index is 1240. The quantitative estimate of drug-likeness (QED) is 0.288. The number of aliphatic hydroxyl groups is 2. The molecule has 0 amide bonds. The molecular weight excluding hydrogens is 514 g/mol. The average Bonchev–Trinajstić information content (AvgIpc) is 3.32. The number of aryl methyl sites for hydroxylation is 1. The largest absolute Gasteiger partial charge is 0.457 e. The molecule has 2 aliphatic heterocycles. The number of cyclic esters (lactones) is 1. The van der Waals surface area contributed by atoms with Crippen molar-refractivity contribution in [3.05, 3.63) is 41.4 Å². The molecule has 1 saturated carbocycles. The molecule has 2 saturated heterocycles. The maximum atomic E-state index is 13.9. The van der Waals surface area contributed by atoms with E-state index in [1.54, 1.807) is 17.4 Å². The van der Waals surface area contributed by atoms with Gasteiger partial charge in [-0.2, -0.15) is 0 Å². The van der Waals surface area contributed by atoms with Gasteiger partial charge in [0.05, 0.1) is 51.0 Å². The number of ether oxygens (including phenoxy) is 2. The van der Waals surface area contributed by atoms with Gasteiger partial charge in [0.2, 0.25) is 0 Å². The van der Waals surface area contributed by atoms with Crippen molar-refractivity contribution in [2.75, 3.05) is 0 Å². The Morgan fingerprint density at radius 1 is 1.21 bits per heavy atom. The number of carbonyl (C=O) groups excluding carboxylic acids is 2. The van der Waals surface area contributed by atoms with Gasteiger partial charge in [-0.05, 0) is 69.6 Å². The van der Waals surface area contributed by atoms with E-state index >= 15 is 0 Å². The highest BCUT2D eigenvalue weighted by Gasteiger charge is 2.55. The monoisotopic (exact) mass is 555 g/mol. The van der Waals surface area contributed by atoms with Crippen LogP contribution in [0.15, 0.2) is 30.9 Å². The first-order valence-corrected chi connectivity index (χ1v) is 15.1. The third-order valence-electron chi connectivity index (χ3n) is 9.45. The van der Waals surface area contributed by atoms with E-state index in [1.807, 2.05) is 32.0 Å². The zero-order chi connectivity index (χ0) is 27.9. The number of hydrogen-bond donors (Lipinski definition) is 2. The third-order valence-corrected chi connectivity index (χ3v) is 10.4. The summed E-state index contributed by atoms with van der Waals surface area (Å²) in [4.78, 5) is 31.8. The summed E-state index contributed by atoms with van der Waals surface area (Å²) < 4.78 is 13.3. The van der Waals surface area contributed by atoms with E-state index in [4.69, 9.17) is 9.47 Å². The number of allylic oxidation sites excluding steroid dienone is 1. The molecule has 7 atom stereocenters. The number of benzene rings is 1. The molecule has 3 heterocycles. The summed E-state index contributed by atoms with van der Waals surface area (Å²) in [6.07, 6.45) is 3.90. The number of aliphatic hydroxyl groups excluding tert-OH is 2. The fourth-order valence-electron chi connectivity index (χ4n) is 6.67. The standard InChI is InChI=1S/C31H41NO6S/c1-5-8-21-28(35)18(2)9-6-12-30(4)26(38-30)16-23(20-10-11-24-22(15-20)32-19(3)39-24)37-27(34)17-25(33)31(29(21)36)13-7-14-31/h5,10-11,15,18,21,23,25-26,28,33,35H,1,6-9,12-14,16-17H2,2-4H3. The summed E-state index contributed by atoms with van der Waals surface area (Å²) in [6.45, 7) is 9.85. The number of carbonyl (C=O) groups is 2. The lowest BCUT2D eigenvalue weighted by molar-refractivity contribution is -0.163. The first-order valence-electron chi connectivity index (χ1n) is 14.3. The van der Waals surface area contributed by atoms with Gasteiger partial charge in [0.15, 0.2) is 0 Å². The minimum Gasteiger partial charge on any atom is -0.457 e. The van der Waals surface area contributed by atoms with Crippen molar-refractivity contribution in [1.82, 2.24) is 4.98 Å². The highest BCUT2D eigenvalue weighted by atomic mass is 32.1. The van der Waals surface area contributed by atoms with E-state index in [-0.39, 0.29) is 29.8 Å². The maximum Gasteiger partial charge on any atom is 0.309 e. The molecule has 0 radical (unpaired) electrons. The zero-order valence-corrected chi connectivity index (χ0v) is 24.0. The minimum atomic E-state index is -1.17. The lowest BCUT2D eigenvalue weighted by atomic mass is 9.58.